The summed E-state index contributed by atoms with van der Waals surface area (Å²) in [4.78, 5) is 4.73. The minimum atomic E-state index is -1.30. The van der Waals surface area contributed by atoms with Gasteiger partial charge in [0.05, 0.1) is 19.2 Å². The smallest absolute Gasteiger partial charge is 0.139 e. The molecule has 2 heterocycles. The molecule has 0 radical (unpaired) electrons. The summed E-state index contributed by atoms with van der Waals surface area (Å²) in [5.41, 5.74) is 6.89. The van der Waals surface area contributed by atoms with Crippen molar-refractivity contribution in [1.29, 1.82) is 0 Å². The van der Waals surface area contributed by atoms with Crippen molar-refractivity contribution in [3.05, 3.63) is 71.9 Å². The Morgan fingerprint density at radius 2 is 1.59 bits per heavy atom. The highest BCUT2D eigenvalue weighted by molar-refractivity contribution is 6.88. The van der Waals surface area contributed by atoms with E-state index in [0.717, 1.165) is 33.7 Å². The van der Waals surface area contributed by atoms with Gasteiger partial charge in [0, 0.05) is 11.8 Å². The van der Waals surface area contributed by atoms with Crippen LogP contribution in [0.1, 0.15) is 11.1 Å². The number of aromatic nitrogens is 1. The van der Waals surface area contributed by atoms with Gasteiger partial charge in [0.25, 0.3) is 0 Å². The van der Waals surface area contributed by atoms with Crippen LogP contribution < -0.4 is 9.92 Å². The number of fused-ring (bicyclic) bond motifs is 2. The number of nitrogens with zero attached hydrogens (tertiary/aromatic N) is 1. The quantitative estimate of drug-likeness (QED) is 0.305. The molecule has 0 atom stereocenters. The van der Waals surface area contributed by atoms with Gasteiger partial charge in [0.2, 0.25) is 0 Å². The first-order valence-corrected chi connectivity index (χ1v) is 13.6. The minimum absolute atomic E-state index is 0.898. The molecule has 144 valence electrons. The van der Waals surface area contributed by atoms with Crippen LogP contribution in [0, 0.1) is 13.8 Å². The molecule has 0 amide bonds. The molecule has 0 aliphatic carbocycles. The molecule has 1 aromatic heterocycles. The maximum atomic E-state index is 6.44. The maximum Gasteiger partial charge on any atom is 0.139 e. The highest BCUT2D eigenvalue weighted by atomic mass is 28.3. The molecular formula is C26H25NOSi. The Balaban J connectivity index is 1.70. The van der Waals surface area contributed by atoms with E-state index >= 15 is 0 Å². The van der Waals surface area contributed by atoms with Gasteiger partial charge < -0.3 is 4.74 Å². The van der Waals surface area contributed by atoms with Gasteiger partial charge in [-0.05, 0) is 65.8 Å². The lowest BCUT2D eigenvalue weighted by Crippen LogP contribution is -2.37. The molecule has 0 N–H and O–H groups in total. The lowest BCUT2D eigenvalue weighted by molar-refractivity contribution is 0.482. The zero-order valence-electron chi connectivity index (χ0n) is 17.6. The predicted molar refractivity (Wildman–Crippen MR) is 125 cm³/mol. The van der Waals surface area contributed by atoms with Crippen LogP contribution in [0.3, 0.4) is 0 Å². The summed E-state index contributed by atoms with van der Waals surface area (Å²) in [6.07, 6.45) is 1.91. The summed E-state index contributed by atoms with van der Waals surface area (Å²) in [5.74, 6) is 1.82. The van der Waals surface area contributed by atoms with Crippen molar-refractivity contribution in [3.8, 4) is 33.9 Å². The van der Waals surface area contributed by atoms with Crippen molar-refractivity contribution < 1.29 is 4.74 Å². The second-order valence-corrected chi connectivity index (χ2v) is 14.2. The van der Waals surface area contributed by atoms with Crippen molar-refractivity contribution in [2.45, 2.75) is 33.5 Å². The Bertz CT molecular complexity index is 1270. The molecule has 5 rings (SSSR count). The largest absolute Gasteiger partial charge is 0.456 e. The van der Waals surface area contributed by atoms with Gasteiger partial charge in [-0.15, -0.1) is 0 Å². The van der Waals surface area contributed by atoms with Crippen LogP contribution in [0.15, 0.2) is 60.8 Å². The molecule has 0 bridgehead atoms. The number of pyridine rings is 1. The van der Waals surface area contributed by atoms with Crippen LogP contribution in [0.25, 0.3) is 33.2 Å². The SMILES string of the molecule is Cc1cc(C)c2c(c1)-c1nccc3cc(-c4ccc([Si](C)(C)C)cc4)cc(c13)O2. The van der Waals surface area contributed by atoms with E-state index in [2.05, 4.69) is 88.1 Å². The molecule has 3 heteroatoms. The fraction of sp³-hybridized carbons (Fsp3) is 0.192. The highest BCUT2D eigenvalue weighted by Crippen LogP contribution is 2.48. The molecule has 3 aromatic carbocycles. The number of rotatable bonds is 2. The van der Waals surface area contributed by atoms with Gasteiger partial charge in [0.15, 0.2) is 0 Å². The Morgan fingerprint density at radius 3 is 2.31 bits per heavy atom. The maximum absolute atomic E-state index is 6.44. The standard InChI is InChI=1S/C26H25NOSi/c1-16-12-17(2)26-22(13-16)25-24-19(10-11-27-25)14-20(15-23(24)28-26)18-6-8-21(9-7-18)29(3,4)5/h6-15H,1-5H3. The first kappa shape index (κ1) is 18.1. The lowest BCUT2D eigenvalue weighted by atomic mass is 9.94. The Kier molecular flexibility index (Phi) is 3.94. The second-order valence-electron chi connectivity index (χ2n) is 9.12. The molecule has 2 nitrogen and oxygen atoms in total. The summed E-state index contributed by atoms with van der Waals surface area (Å²) >= 11 is 0. The third kappa shape index (κ3) is 2.97. The van der Waals surface area contributed by atoms with E-state index in [1.807, 2.05) is 6.20 Å². The van der Waals surface area contributed by atoms with Crippen molar-refractivity contribution in [2.75, 3.05) is 0 Å². The predicted octanol–water partition coefficient (Wildman–Crippen LogP) is 6.84. The van der Waals surface area contributed by atoms with Crippen LogP contribution in [0.4, 0.5) is 0 Å². The van der Waals surface area contributed by atoms with Crippen molar-refractivity contribution in [2.24, 2.45) is 0 Å². The number of benzene rings is 3. The summed E-state index contributed by atoms with van der Waals surface area (Å²) in [7, 11) is -1.30. The Morgan fingerprint density at radius 1 is 0.828 bits per heavy atom. The highest BCUT2D eigenvalue weighted by Gasteiger charge is 2.24. The van der Waals surface area contributed by atoms with Gasteiger partial charge in [-0.25, -0.2) is 0 Å². The number of ether oxygens (including phenoxy) is 1. The van der Waals surface area contributed by atoms with Crippen LogP contribution in [-0.4, -0.2) is 13.1 Å². The van der Waals surface area contributed by atoms with E-state index in [9.17, 15) is 0 Å². The van der Waals surface area contributed by atoms with Crippen molar-refractivity contribution in [1.82, 2.24) is 4.98 Å². The lowest BCUT2D eigenvalue weighted by Gasteiger charge is -2.23. The average Bonchev–Trinajstić information content (AvgIpc) is 2.68. The molecule has 0 fully saturated rings. The summed E-state index contributed by atoms with van der Waals surface area (Å²) in [6, 6.07) is 19.9. The van der Waals surface area contributed by atoms with E-state index < -0.39 is 8.07 Å². The normalized spacial score (nSPS) is 12.6. The molecule has 0 spiro atoms. The first-order valence-electron chi connectivity index (χ1n) is 10.1. The fourth-order valence-corrected chi connectivity index (χ4v) is 5.43. The topological polar surface area (TPSA) is 22.1 Å². The van der Waals surface area contributed by atoms with Gasteiger partial charge in [0.1, 0.15) is 11.5 Å². The molecular weight excluding hydrogens is 370 g/mol. The molecule has 4 aromatic rings. The first-order chi connectivity index (χ1) is 13.8. The van der Waals surface area contributed by atoms with Crippen molar-refractivity contribution >= 4 is 24.0 Å². The van der Waals surface area contributed by atoms with Crippen LogP contribution >= 0.6 is 0 Å². The molecule has 0 unspecified atom stereocenters. The van der Waals surface area contributed by atoms with Gasteiger partial charge in [-0.1, -0.05) is 55.2 Å². The van der Waals surface area contributed by atoms with E-state index in [-0.39, 0.29) is 0 Å². The number of hydrogen-bond acceptors (Lipinski definition) is 2. The zero-order valence-corrected chi connectivity index (χ0v) is 18.6. The van der Waals surface area contributed by atoms with Gasteiger partial charge in [-0.2, -0.15) is 0 Å². The van der Waals surface area contributed by atoms with Crippen LogP contribution in [0.2, 0.25) is 19.6 Å². The summed E-state index contributed by atoms with van der Waals surface area (Å²) in [5, 5.41) is 3.75. The van der Waals surface area contributed by atoms with Crippen molar-refractivity contribution in [3.63, 3.8) is 0 Å². The van der Waals surface area contributed by atoms with Crippen LogP contribution in [-0.2, 0) is 0 Å². The third-order valence-electron chi connectivity index (χ3n) is 5.80. The summed E-state index contributed by atoms with van der Waals surface area (Å²) in [6.45, 7) is 11.4. The third-order valence-corrected chi connectivity index (χ3v) is 7.86. The van der Waals surface area contributed by atoms with Crippen LogP contribution in [0.5, 0.6) is 11.5 Å². The molecule has 1 aliphatic heterocycles. The minimum Gasteiger partial charge on any atom is -0.456 e. The summed E-state index contributed by atoms with van der Waals surface area (Å²) < 4.78 is 6.44. The Labute approximate surface area is 173 Å². The van der Waals surface area contributed by atoms with E-state index in [0.29, 0.717) is 0 Å². The van der Waals surface area contributed by atoms with Gasteiger partial charge in [-0.3, -0.25) is 4.98 Å². The fourth-order valence-electron chi connectivity index (χ4n) is 4.27. The average molecular weight is 396 g/mol. The monoisotopic (exact) mass is 395 g/mol. The molecule has 0 saturated carbocycles. The number of aryl methyl sites for hydroxylation is 2. The second kappa shape index (κ2) is 6.29. The zero-order chi connectivity index (χ0) is 20.3. The van der Waals surface area contributed by atoms with E-state index in [1.54, 1.807) is 0 Å². The molecule has 29 heavy (non-hydrogen) atoms. The molecule has 1 aliphatic rings. The Hall–Kier alpha value is -2.91. The van der Waals surface area contributed by atoms with E-state index in [4.69, 9.17) is 9.72 Å². The van der Waals surface area contributed by atoms with Gasteiger partial charge >= 0.3 is 0 Å². The van der Waals surface area contributed by atoms with E-state index in [1.165, 1.54) is 27.3 Å². The molecule has 0 saturated heterocycles. The number of hydrogen-bond donors (Lipinski definition) is 0.